The van der Waals surface area contributed by atoms with Gasteiger partial charge in [0.1, 0.15) is 17.9 Å². The van der Waals surface area contributed by atoms with Gasteiger partial charge < -0.3 is 63.5 Å². The highest BCUT2D eigenvalue weighted by Crippen LogP contribution is 2.52. The number of hydrogen-bond acceptors (Lipinski definition) is 14. The van der Waals surface area contributed by atoms with Crippen LogP contribution in [0.1, 0.15) is 119 Å². The van der Waals surface area contributed by atoms with E-state index in [1.807, 2.05) is 32.9 Å². The van der Waals surface area contributed by atoms with E-state index in [-0.39, 0.29) is 35.7 Å². The molecule has 10 rings (SSSR count). The first kappa shape index (κ1) is 65.6. The van der Waals surface area contributed by atoms with Crippen molar-refractivity contribution in [3.63, 3.8) is 0 Å². The lowest BCUT2D eigenvalue weighted by molar-refractivity contribution is -0.638. The topological polar surface area (TPSA) is 207 Å². The van der Waals surface area contributed by atoms with E-state index in [1.165, 1.54) is 39.5 Å². The van der Waals surface area contributed by atoms with Crippen LogP contribution in [-0.2, 0) is 31.0 Å². The van der Waals surface area contributed by atoms with Crippen molar-refractivity contribution < 1.29 is 84.4 Å². The molecule has 3 fully saturated rings. The highest BCUT2D eigenvalue weighted by molar-refractivity contribution is 6.09. The first-order valence-corrected chi connectivity index (χ1v) is 30.6. The number of hydrogen-bond donors (Lipinski definition) is 2. The average Bonchev–Trinajstić information content (AvgIpc) is 0.714. The van der Waals surface area contributed by atoms with Gasteiger partial charge in [-0.1, -0.05) is 51.1 Å². The average molecular weight is 1270 g/mol. The number of halogens is 4. The number of anilines is 1. The van der Waals surface area contributed by atoms with E-state index in [0.717, 1.165) is 5.56 Å². The highest BCUT2D eigenvalue weighted by Gasteiger charge is 2.52. The van der Waals surface area contributed by atoms with Gasteiger partial charge >= 0.3 is 11.9 Å². The fraction of sp³-hybridized carbons (Fsp3) is 0.400. The quantitative estimate of drug-likeness (QED) is 0.0256. The Kier molecular flexibility index (Phi) is 19.4. The number of nitrogens with zero attached hydrogens (tertiary/aromatic N) is 3. The molecule has 3 aliphatic heterocycles. The number of fused-ring (bicyclic) bond motifs is 2. The van der Waals surface area contributed by atoms with Crippen LogP contribution < -0.4 is 49.1 Å². The third-order valence-corrected chi connectivity index (χ3v) is 17.7. The van der Waals surface area contributed by atoms with Gasteiger partial charge in [0.05, 0.1) is 60.5 Å². The minimum Gasteiger partial charge on any atom is -0.545 e. The Morgan fingerprint density at radius 1 is 0.739 bits per heavy atom. The summed E-state index contributed by atoms with van der Waals surface area (Å²) in [7, 11) is 7.60. The van der Waals surface area contributed by atoms with Crippen LogP contribution in [0.25, 0.3) is 5.57 Å². The molecular formula is C70H75F4N5O13. The lowest BCUT2D eigenvalue weighted by Gasteiger charge is -2.43. The maximum atomic E-state index is 14.6. The number of esters is 1. The molecule has 5 aliphatic rings. The van der Waals surface area contributed by atoms with Crippen molar-refractivity contribution in [2.24, 2.45) is 0 Å². The standard InChI is InChI=1S/C70H75F4N5O13/c1-9-48(44-32-59(88-6)63(90-8)60(33-44)89-7)65(82)79-28-11-10-15-55(79)67(85)92-56(24-16-41-17-25-57(86-4)58(29-41)87-5)42-13-12-14-47(30-42)91-36-61(80)75-26-27-76-64(81)43-18-21-49(66(83)84)52(31-43)62-50-22-19-45(77-37-69(71,72)38-77)34-53(50)68(2,3)54-35-46(20-23-51(54)62)78-39-70(73,74)40-78/h12-14,17-23,25,29-35,48,55-56H,9-11,15-16,24,26-28,36-40H2,1-8H3,(H2-,75,76,80,81,83,84)/t48-,55-,56+/m0/s1. The van der Waals surface area contributed by atoms with Gasteiger partial charge in [-0.3, -0.25) is 14.4 Å². The molecule has 22 heteroatoms. The predicted octanol–water partition coefficient (Wildman–Crippen LogP) is 8.96. The number of piperidine rings is 1. The molecule has 2 aliphatic carbocycles. The second-order valence-electron chi connectivity index (χ2n) is 24.0. The number of rotatable bonds is 24. The van der Waals surface area contributed by atoms with Crippen LogP contribution in [-0.4, -0.2) is 151 Å². The van der Waals surface area contributed by atoms with Gasteiger partial charge in [-0.05, 0) is 155 Å². The summed E-state index contributed by atoms with van der Waals surface area (Å²) < 4.78 is 98.3. The number of allylic oxidation sites excluding steroid dienone is 5. The molecule has 3 atom stereocenters. The number of ether oxygens (including phenoxy) is 7. The van der Waals surface area contributed by atoms with Gasteiger partial charge in [0.2, 0.25) is 30.5 Å². The van der Waals surface area contributed by atoms with E-state index in [2.05, 4.69) is 10.6 Å². The highest BCUT2D eigenvalue weighted by atomic mass is 19.3. The minimum atomic E-state index is -2.86. The summed E-state index contributed by atoms with van der Waals surface area (Å²) in [6, 6.07) is 24.3. The molecule has 0 bridgehead atoms. The zero-order valence-corrected chi connectivity index (χ0v) is 52.7. The first-order valence-electron chi connectivity index (χ1n) is 30.6. The van der Waals surface area contributed by atoms with Gasteiger partial charge in [-0.25, -0.2) is 18.2 Å². The number of aryl methyl sites for hydroxylation is 1. The van der Waals surface area contributed by atoms with Crippen LogP contribution in [0.3, 0.4) is 0 Å². The van der Waals surface area contributed by atoms with Crippen molar-refractivity contribution in [1.82, 2.24) is 15.5 Å². The van der Waals surface area contributed by atoms with Gasteiger partial charge in [0.25, 0.3) is 17.7 Å². The predicted molar refractivity (Wildman–Crippen MR) is 333 cm³/mol. The third-order valence-electron chi connectivity index (χ3n) is 17.7. The molecule has 3 heterocycles. The first-order chi connectivity index (χ1) is 44.0. The maximum Gasteiger partial charge on any atom is 0.361 e. The van der Waals surface area contributed by atoms with Crippen molar-refractivity contribution in [1.29, 1.82) is 0 Å². The number of carboxylic acid groups (broad SMARTS) is 1. The Hall–Kier alpha value is -9.34. The molecular weight excluding hydrogens is 1190 g/mol. The van der Waals surface area contributed by atoms with Gasteiger partial charge in [0.15, 0.2) is 29.6 Å². The number of aromatic carboxylic acids is 1. The molecule has 0 radical (unpaired) electrons. The summed E-state index contributed by atoms with van der Waals surface area (Å²) in [5.74, 6) is -7.25. The zero-order chi connectivity index (χ0) is 65.8. The van der Waals surface area contributed by atoms with Crippen LogP contribution >= 0.6 is 0 Å². The number of carbonyl (C=O) groups excluding carboxylic acids is 5. The largest absolute Gasteiger partial charge is 0.545 e. The van der Waals surface area contributed by atoms with Crippen LogP contribution in [0.4, 0.5) is 23.2 Å². The van der Waals surface area contributed by atoms with E-state index in [4.69, 9.17) is 33.2 Å². The Balaban J connectivity index is 0.822. The van der Waals surface area contributed by atoms with Gasteiger partial charge in [0, 0.05) is 54.0 Å². The summed E-state index contributed by atoms with van der Waals surface area (Å²) in [6.07, 6.45) is 7.34. The molecule has 92 heavy (non-hydrogen) atoms. The lowest BCUT2D eigenvalue weighted by Crippen LogP contribution is -2.56. The molecule has 18 nitrogen and oxygen atoms in total. The second-order valence-corrected chi connectivity index (χ2v) is 24.0. The number of methoxy groups -OCH3 is 5. The minimum absolute atomic E-state index is 0.0297. The van der Waals surface area contributed by atoms with Crippen molar-refractivity contribution in [2.75, 3.05) is 92.9 Å². The number of carbonyl (C=O) groups is 5. The summed E-state index contributed by atoms with van der Waals surface area (Å²) in [5.41, 5.74) is 5.24. The molecule has 2 N–H and O–H groups in total. The second kappa shape index (κ2) is 27.2. The maximum absolute atomic E-state index is 14.6. The Bertz CT molecular complexity index is 3800. The van der Waals surface area contributed by atoms with E-state index in [1.54, 1.807) is 107 Å². The van der Waals surface area contributed by atoms with Crippen molar-refractivity contribution in [2.45, 2.75) is 94.6 Å². The Morgan fingerprint density at radius 3 is 2.12 bits per heavy atom. The normalized spacial score (nSPS) is 18.1. The summed E-state index contributed by atoms with van der Waals surface area (Å²) in [6.45, 7) is 3.68. The van der Waals surface area contributed by atoms with Gasteiger partial charge in [-0.2, -0.15) is 8.78 Å². The number of benzene rings is 5. The smallest absolute Gasteiger partial charge is 0.361 e. The van der Waals surface area contributed by atoms with Crippen LogP contribution in [0, 0.1) is 0 Å². The number of amides is 3. The molecule has 3 amide bonds. The molecule has 3 saturated heterocycles. The Labute approximate surface area is 531 Å². The van der Waals surface area contributed by atoms with Gasteiger partial charge in [-0.15, -0.1) is 0 Å². The molecule has 5 aromatic rings. The third kappa shape index (κ3) is 13.8. The summed E-state index contributed by atoms with van der Waals surface area (Å²) in [5, 5.41) is 18.4. The SMILES string of the molecule is CC[C@H](C(=O)N1CCCC[C@H]1C(=O)O[C@H](CCc1ccc(OC)c(OC)c1)c1cccc(OCC(=O)NCCNC(=O)c2ccc(C(=O)[O-])c(C3=C4C=CC(=[N+]5CC(F)(F)C5)C=C4C(C)(C)c4cc(N5CC(F)(F)C5)ccc43)c2)c1)c1cc(OC)c(OC)c(OC)c1. The monoisotopic (exact) mass is 1270 g/mol. The fourth-order valence-corrected chi connectivity index (χ4v) is 12.8. The molecule has 0 saturated carbocycles. The number of nitrogens with one attached hydrogen (secondary N) is 2. The number of likely N-dealkylation sites (tertiary alicyclic amines) is 1. The molecule has 0 spiro atoms. The van der Waals surface area contributed by atoms with E-state index in [0.29, 0.717) is 130 Å². The van der Waals surface area contributed by atoms with E-state index >= 15 is 0 Å². The number of alkyl halides is 4. The summed E-state index contributed by atoms with van der Waals surface area (Å²) >= 11 is 0. The molecule has 5 aromatic carbocycles. The Morgan fingerprint density at radius 2 is 1.46 bits per heavy atom. The van der Waals surface area contributed by atoms with Crippen molar-refractivity contribution in [3.8, 4) is 34.5 Å². The number of carboxylic acids is 1. The summed E-state index contributed by atoms with van der Waals surface area (Å²) in [4.78, 5) is 72.6. The van der Waals surface area contributed by atoms with Crippen molar-refractivity contribution in [3.05, 3.63) is 165 Å². The van der Waals surface area contributed by atoms with Crippen molar-refractivity contribution >= 4 is 46.6 Å². The van der Waals surface area contributed by atoms with Crippen LogP contribution in [0.15, 0.2) is 120 Å². The lowest BCUT2D eigenvalue weighted by atomic mass is 9.64. The molecule has 0 unspecified atom stereocenters. The molecule has 0 aromatic heterocycles. The fourth-order valence-electron chi connectivity index (χ4n) is 12.8. The zero-order valence-electron chi connectivity index (χ0n) is 52.7. The molecule has 486 valence electrons. The van der Waals surface area contributed by atoms with Crippen LogP contribution in [0.2, 0.25) is 0 Å². The van der Waals surface area contributed by atoms with E-state index < -0.39 is 91.9 Å². The van der Waals surface area contributed by atoms with Crippen LogP contribution in [0.5, 0.6) is 34.5 Å². The van der Waals surface area contributed by atoms with E-state index in [9.17, 15) is 46.6 Å².